The van der Waals surface area contributed by atoms with Crippen LogP contribution in [0.25, 0.3) is 0 Å². The van der Waals surface area contributed by atoms with E-state index < -0.39 is 17.2 Å². The Morgan fingerprint density at radius 2 is 0.745 bits per heavy atom. The van der Waals surface area contributed by atoms with Crippen LogP contribution in [0, 0.1) is 0 Å². The number of hydrogen-bond acceptors (Lipinski definition) is 6. The summed E-state index contributed by atoms with van der Waals surface area (Å²) in [6.07, 6.45) is 5.09. The second-order valence-electron chi connectivity index (χ2n) is 16.9. The monoisotopic (exact) mass is 742 g/mol. The fraction of sp³-hybridized carbons (Fsp3) is 0.581. The van der Waals surface area contributed by atoms with Crippen molar-refractivity contribution >= 4 is 17.2 Å². The molecule has 0 atom stereocenters. The summed E-state index contributed by atoms with van der Waals surface area (Å²) in [6.45, 7) is 33.3. The highest BCUT2D eigenvalue weighted by Crippen LogP contribution is 2.47. The topological polar surface area (TPSA) is 88.4 Å². The Hall–Kier alpha value is -2.20. The summed E-state index contributed by atoms with van der Waals surface area (Å²) in [5.74, 6) is 1.89. The van der Waals surface area contributed by atoms with Crippen molar-refractivity contribution in [1.29, 1.82) is 0 Å². The highest BCUT2D eigenvalue weighted by atomic mass is 31.2. The molecule has 0 aliphatic carbocycles. The minimum absolute atomic E-state index is 0.0756. The molecular weight excluding hydrogens is 674 g/mol. The van der Waals surface area contributed by atoms with Crippen molar-refractivity contribution in [3.05, 3.63) is 88.5 Å². The maximum atomic E-state index is 11.1. The first kappa shape index (κ1) is 45.0. The first-order chi connectivity index (χ1) is 23.5. The molecule has 51 heavy (non-hydrogen) atoms. The van der Waals surface area contributed by atoms with Crippen molar-refractivity contribution < 1.29 is 28.3 Å². The Morgan fingerprint density at radius 3 is 1.06 bits per heavy atom. The standard InChI is InChI=1S/C32H51O3P.C11H17O3P/c1-13-29(5,6)23-17-19-27(25(21-23)31(9,10)15-3)34-36(33)35-28-20-18-24(30(7,8)14-2)22-26(28)32(11,12)16-4;1-4-11(2,3)9-5-7-10(8-6-9)14-15(12)13/h17-22,33H,13-16H2,1-12H3;5-8,12-13H,4H2,1-3H3. The van der Waals surface area contributed by atoms with Crippen LogP contribution in [0.3, 0.4) is 0 Å². The predicted molar refractivity (Wildman–Crippen MR) is 218 cm³/mol. The molecule has 0 fully saturated rings. The third-order valence-electron chi connectivity index (χ3n) is 11.6. The summed E-state index contributed by atoms with van der Waals surface area (Å²) in [7, 11) is -4.47. The fourth-order valence-electron chi connectivity index (χ4n) is 5.36. The molecular formula is C43H68O6P2. The van der Waals surface area contributed by atoms with E-state index >= 15 is 0 Å². The Labute approximate surface area is 313 Å². The number of benzene rings is 3. The maximum Gasteiger partial charge on any atom is 0.460 e. The summed E-state index contributed by atoms with van der Waals surface area (Å²) >= 11 is 0. The molecule has 6 nitrogen and oxygen atoms in total. The molecule has 0 saturated heterocycles. The van der Waals surface area contributed by atoms with Crippen LogP contribution < -0.4 is 13.6 Å². The SMILES string of the molecule is CCC(C)(C)c1ccc(OP(O)O)cc1.CCC(C)(C)c1ccc(OP(O)Oc2ccc(C(C)(C)CC)cc2C(C)(C)CC)c(C(C)(C)CC)c1. The molecule has 0 aromatic heterocycles. The summed E-state index contributed by atoms with van der Waals surface area (Å²) in [4.78, 5) is 28.4. The first-order valence-electron chi connectivity index (χ1n) is 18.6. The number of rotatable bonds is 16. The lowest BCUT2D eigenvalue weighted by Gasteiger charge is -2.31. The van der Waals surface area contributed by atoms with Gasteiger partial charge in [0.1, 0.15) is 17.2 Å². The van der Waals surface area contributed by atoms with E-state index in [1.165, 1.54) is 16.7 Å². The Bertz CT molecular complexity index is 1440. The van der Waals surface area contributed by atoms with Gasteiger partial charge in [0.15, 0.2) is 0 Å². The Kier molecular flexibility index (Phi) is 16.1. The second-order valence-corrected chi connectivity index (χ2v) is 18.4. The molecule has 0 bridgehead atoms. The van der Waals surface area contributed by atoms with Crippen LogP contribution in [0.15, 0.2) is 60.7 Å². The minimum atomic E-state index is -2.32. The van der Waals surface area contributed by atoms with Gasteiger partial charge in [0.25, 0.3) is 0 Å². The smallest absolute Gasteiger partial charge is 0.427 e. The van der Waals surface area contributed by atoms with Crippen molar-refractivity contribution in [2.75, 3.05) is 0 Å². The van der Waals surface area contributed by atoms with Crippen LogP contribution in [0.2, 0.25) is 0 Å². The second kappa shape index (κ2) is 18.2. The first-order valence-corrected chi connectivity index (χ1v) is 20.9. The maximum absolute atomic E-state index is 11.1. The molecule has 3 rings (SSSR count). The summed E-state index contributed by atoms with van der Waals surface area (Å²) in [5, 5.41) is 0. The molecule has 0 unspecified atom stereocenters. The van der Waals surface area contributed by atoms with Crippen molar-refractivity contribution in [1.82, 2.24) is 0 Å². The zero-order chi connectivity index (χ0) is 39.0. The van der Waals surface area contributed by atoms with Gasteiger partial charge in [-0.2, -0.15) is 0 Å². The van der Waals surface area contributed by atoms with Crippen molar-refractivity contribution in [2.45, 2.75) is 163 Å². The van der Waals surface area contributed by atoms with Gasteiger partial charge in [-0.25, -0.2) is 0 Å². The van der Waals surface area contributed by atoms with Gasteiger partial charge in [0, 0.05) is 11.1 Å². The average molecular weight is 743 g/mol. The number of hydrogen-bond donors (Lipinski definition) is 3. The molecule has 0 radical (unpaired) electrons. The van der Waals surface area contributed by atoms with E-state index in [0.29, 0.717) is 17.2 Å². The van der Waals surface area contributed by atoms with Gasteiger partial charge in [-0.3, -0.25) is 0 Å². The van der Waals surface area contributed by atoms with Gasteiger partial charge in [-0.1, -0.05) is 140 Å². The largest absolute Gasteiger partial charge is 0.460 e. The van der Waals surface area contributed by atoms with E-state index in [9.17, 15) is 4.89 Å². The van der Waals surface area contributed by atoms with Gasteiger partial charge in [-0.05, 0) is 100 Å². The summed E-state index contributed by atoms with van der Waals surface area (Å²) < 4.78 is 17.1. The normalized spacial score (nSPS) is 12.9. The third kappa shape index (κ3) is 12.2. The fourth-order valence-corrected chi connectivity index (χ4v) is 6.36. The quantitative estimate of drug-likeness (QED) is 0.127. The average Bonchev–Trinajstić information content (AvgIpc) is 3.08. The molecule has 0 aliphatic rings. The highest BCUT2D eigenvalue weighted by molar-refractivity contribution is 7.41. The summed E-state index contributed by atoms with van der Waals surface area (Å²) in [5.41, 5.74) is 6.14. The van der Waals surface area contributed by atoms with Gasteiger partial charge in [-0.15, -0.1) is 0 Å². The van der Waals surface area contributed by atoms with Gasteiger partial charge < -0.3 is 28.3 Å². The molecule has 8 heteroatoms. The molecule has 0 spiro atoms. The lowest BCUT2D eigenvalue weighted by Crippen LogP contribution is -2.21. The predicted octanol–water partition coefficient (Wildman–Crippen LogP) is 13.1. The molecule has 0 heterocycles. The van der Waals surface area contributed by atoms with Crippen LogP contribution in [0.5, 0.6) is 17.2 Å². The van der Waals surface area contributed by atoms with Crippen molar-refractivity contribution in [3.8, 4) is 17.2 Å². The van der Waals surface area contributed by atoms with Crippen LogP contribution >= 0.6 is 17.2 Å². The highest BCUT2D eigenvalue weighted by Gasteiger charge is 2.31. The molecule has 0 amide bonds. The van der Waals surface area contributed by atoms with Crippen molar-refractivity contribution in [2.24, 2.45) is 0 Å². The van der Waals surface area contributed by atoms with E-state index in [1.54, 1.807) is 12.1 Å². The molecule has 3 N–H and O–H groups in total. The van der Waals surface area contributed by atoms with E-state index in [2.05, 4.69) is 128 Å². The van der Waals surface area contributed by atoms with Crippen LogP contribution in [-0.2, 0) is 27.1 Å². The molecule has 0 aliphatic heterocycles. The van der Waals surface area contributed by atoms with Gasteiger partial charge in [0.2, 0.25) is 0 Å². The van der Waals surface area contributed by atoms with Crippen LogP contribution in [-0.4, -0.2) is 14.7 Å². The minimum Gasteiger partial charge on any atom is -0.427 e. The molecule has 0 saturated carbocycles. The lowest BCUT2D eigenvalue weighted by molar-refractivity contribution is 0.365. The summed E-state index contributed by atoms with van der Waals surface area (Å²) in [6, 6.07) is 20.2. The Morgan fingerprint density at radius 1 is 0.431 bits per heavy atom. The van der Waals surface area contributed by atoms with Crippen LogP contribution in [0.4, 0.5) is 0 Å². The van der Waals surface area contributed by atoms with Crippen LogP contribution in [0.1, 0.15) is 164 Å². The van der Waals surface area contributed by atoms with Gasteiger partial charge in [0.05, 0.1) is 0 Å². The van der Waals surface area contributed by atoms with E-state index in [-0.39, 0.29) is 27.1 Å². The van der Waals surface area contributed by atoms with E-state index in [1.807, 2.05) is 24.3 Å². The molecule has 3 aromatic rings. The Balaban J connectivity index is 0.000000500. The zero-order valence-electron chi connectivity index (χ0n) is 34.3. The lowest BCUT2D eigenvalue weighted by atomic mass is 9.76. The molecule has 3 aromatic carbocycles. The van der Waals surface area contributed by atoms with Gasteiger partial charge >= 0.3 is 17.2 Å². The zero-order valence-corrected chi connectivity index (χ0v) is 36.1. The van der Waals surface area contributed by atoms with Crippen molar-refractivity contribution in [3.63, 3.8) is 0 Å². The molecule has 286 valence electrons. The third-order valence-corrected chi connectivity index (χ3v) is 12.7. The van der Waals surface area contributed by atoms with E-state index in [4.69, 9.17) is 23.4 Å². The van der Waals surface area contributed by atoms with E-state index in [0.717, 1.165) is 43.2 Å².